The normalized spacial score (nSPS) is 19.0. The highest BCUT2D eigenvalue weighted by atomic mass is 16.5. The molecule has 32 heavy (non-hydrogen) atoms. The van der Waals surface area contributed by atoms with E-state index in [4.69, 9.17) is 9.72 Å². The van der Waals surface area contributed by atoms with Crippen molar-refractivity contribution in [2.45, 2.75) is 70.3 Å². The van der Waals surface area contributed by atoms with Crippen molar-refractivity contribution in [3.05, 3.63) is 58.4 Å². The number of aryl methyl sites for hydroxylation is 3. The Labute approximate surface area is 190 Å². The zero-order chi connectivity index (χ0) is 21.9. The summed E-state index contributed by atoms with van der Waals surface area (Å²) in [4.78, 5) is 18.8. The first-order valence-corrected chi connectivity index (χ1v) is 12.3. The summed E-state index contributed by atoms with van der Waals surface area (Å²) in [7, 11) is 0. The molecule has 0 unspecified atom stereocenters. The molecule has 1 aromatic heterocycles. The second-order valence-corrected chi connectivity index (χ2v) is 9.76. The van der Waals surface area contributed by atoms with Crippen LogP contribution in [0.3, 0.4) is 0 Å². The van der Waals surface area contributed by atoms with Crippen molar-refractivity contribution in [3.63, 3.8) is 0 Å². The van der Waals surface area contributed by atoms with Gasteiger partial charge in [-0.05, 0) is 79.7 Å². The molecular formula is C27H34N2O3. The van der Waals surface area contributed by atoms with Crippen LogP contribution < -0.4 is 4.74 Å². The van der Waals surface area contributed by atoms with Gasteiger partial charge in [0, 0.05) is 36.9 Å². The predicted molar refractivity (Wildman–Crippen MR) is 124 cm³/mol. The molecule has 5 nitrogen and oxygen atoms in total. The highest BCUT2D eigenvalue weighted by Gasteiger charge is 2.34. The van der Waals surface area contributed by atoms with Gasteiger partial charge in [-0.3, -0.25) is 14.7 Å². The number of nitrogens with zero attached hydrogens (tertiary/aromatic N) is 2. The van der Waals surface area contributed by atoms with E-state index in [0.717, 1.165) is 50.3 Å². The molecule has 5 rings (SSSR count). The standard InChI is InChI=1S/C27H34N2O3/c30-27(31)16-25(22-10-9-21-13-14-32-26(21)15-22)29-17-19(18-29)5-1-3-7-23-12-11-20-6-2-4-8-24(20)28-23/h9-12,15,19,25H,1-8,13-14,16-18H2,(H,30,31)/t25-/m0/s1. The van der Waals surface area contributed by atoms with Crippen molar-refractivity contribution < 1.29 is 14.6 Å². The number of hydrogen-bond donors (Lipinski definition) is 1. The molecule has 0 amide bonds. The zero-order valence-corrected chi connectivity index (χ0v) is 18.9. The van der Waals surface area contributed by atoms with E-state index in [-0.39, 0.29) is 12.5 Å². The van der Waals surface area contributed by atoms with Crippen molar-refractivity contribution in [2.24, 2.45) is 5.92 Å². The Morgan fingerprint density at radius 2 is 1.94 bits per heavy atom. The maximum absolute atomic E-state index is 11.5. The van der Waals surface area contributed by atoms with Crippen LogP contribution in [0.1, 0.15) is 72.6 Å². The van der Waals surface area contributed by atoms with Gasteiger partial charge in [0.1, 0.15) is 5.75 Å². The van der Waals surface area contributed by atoms with Gasteiger partial charge >= 0.3 is 5.97 Å². The molecule has 1 fully saturated rings. The predicted octanol–water partition coefficient (Wildman–Crippen LogP) is 4.76. The molecule has 0 saturated carbocycles. The van der Waals surface area contributed by atoms with Crippen LogP contribution in [0.4, 0.5) is 0 Å². The Balaban J connectivity index is 1.09. The summed E-state index contributed by atoms with van der Waals surface area (Å²) in [6.07, 6.45) is 10.7. The minimum absolute atomic E-state index is 0.0575. The van der Waals surface area contributed by atoms with Crippen molar-refractivity contribution in [3.8, 4) is 5.75 Å². The number of carboxylic acids is 1. The molecule has 1 aliphatic carbocycles. The molecule has 3 aliphatic rings. The van der Waals surface area contributed by atoms with Crippen LogP contribution in [-0.4, -0.2) is 40.7 Å². The average Bonchev–Trinajstić information content (AvgIpc) is 3.24. The summed E-state index contributed by atoms with van der Waals surface area (Å²) in [6.45, 7) is 2.72. The molecule has 1 aromatic carbocycles. The lowest BCUT2D eigenvalue weighted by Crippen LogP contribution is -2.48. The Bertz CT molecular complexity index is 967. The number of hydrogen-bond acceptors (Lipinski definition) is 4. The molecule has 0 spiro atoms. The number of aliphatic carboxylic acids is 1. The van der Waals surface area contributed by atoms with Crippen LogP contribution in [0.5, 0.6) is 5.75 Å². The van der Waals surface area contributed by atoms with E-state index >= 15 is 0 Å². The molecule has 2 aromatic rings. The van der Waals surface area contributed by atoms with E-state index in [2.05, 4.69) is 35.2 Å². The smallest absolute Gasteiger partial charge is 0.305 e. The lowest BCUT2D eigenvalue weighted by molar-refractivity contribution is -0.139. The molecule has 0 radical (unpaired) electrons. The summed E-state index contributed by atoms with van der Waals surface area (Å²) < 4.78 is 5.71. The highest BCUT2D eigenvalue weighted by Crippen LogP contribution is 2.36. The summed E-state index contributed by atoms with van der Waals surface area (Å²) in [6, 6.07) is 10.7. The summed E-state index contributed by atoms with van der Waals surface area (Å²) in [5, 5.41) is 9.46. The van der Waals surface area contributed by atoms with E-state index in [1.807, 2.05) is 0 Å². The number of carbonyl (C=O) groups is 1. The third-order valence-electron chi connectivity index (χ3n) is 7.43. The number of ether oxygens (including phenoxy) is 1. The van der Waals surface area contributed by atoms with E-state index in [1.54, 1.807) is 0 Å². The fourth-order valence-electron chi connectivity index (χ4n) is 5.57. The van der Waals surface area contributed by atoms with E-state index < -0.39 is 5.97 Å². The number of aromatic nitrogens is 1. The van der Waals surface area contributed by atoms with Crippen LogP contribution >= 0.6 is 0 Å². The SMILES string of the molecule is O=C(O)C[C@@H](c1ccc2c(c1)OCC2)N1CC(CCCCc2ccc3c(n2)CCCC3)C1. The van der Waals surface area contributed by atoms with Gasteiger partial charge in [-0.15, -0.1) is 0 Å². The van der Waals surface area contributed by atoms with Gasteiger partial charge in [0.05, 0.1) is 13.0 Å². The number of rotatable bonds is 9. The second kappa shape index (κ2) is 9.62. The lowest BCUT2D eigenvalue weighted by Gasteiger charge is -2.44. The number of likely N-dealkylation sites (tertiary alicyclic amines) is 1. The van der Waals surface area contributed by atoms with Crippen LogP contribution in [0.15, 0.2) is 30.3 Å². The third-order valence-corrected chi connectivity index (χ3v) is 7.43. The first-order chi connectivity index (χ1) is 15.7. The third kappa shape index (κ3) is 4.83. The minimum Gasteiger partial charge on any atom is -0.493 e. The molecule has 2 aliphatic heterocycles. The monoisotopic (exact) mass is 434 g/mol. The Hall–Kier alpha value is -2.40. The van der Waals surface area contributed by atoms with Crippen molar-refractivity contribution >= 4 is 5.97 Å². The van der Waals surface area contributed by atoms with Crippen molar-refractivity contribution in [1.82, 2.24) is 9.88 Å². The van der Waals surface area contributed by atoms with Crippen LogP contribution in [0.25, 0.3) is 0 Å². The molecule has 1 atom stereocenters. The van der Waals surface area contributed by atoms with E-state index in [1.165, 1.54) is 61.0 Å². The number of benzene rings is 1. The lowest BCUT2D eigenvalue weighted by atomic mass is 9.88. The Kier molecular flexibility index (Phi) is 6.44. The Morgan fingerprint density at radius 1 is 1.09 bits per heavy atom. The van der Waals surface area contributed by atoms with Crippen LogP contribution in [0, 0.1) is 5.92 Å². The van der Waals surface area contributed by atoms with Gasteiger partial charge in [0.15, 0.2) is 0 Å². The fraction of sp³-hybridized carbons (Fsp3) is 0.556. The van der Waals surface area contributed by atoms with Crippen molar-refractivity contribution in [1.29, 1.82) is 0 Å². The summed E-state index contributed by atoms with van der Waals surface area (Å²) >= 11 is 0. The fourth-order valence-corrected chi connectivity index (χ4v) is 5.57. The first-order valence-electron chi connectivity index (χ1n) is 12.3. The van der Waals surface area contributed by atoms with Crippen LogP contribution in [-0.2, 0) is 30.5 Å². The molecule has 1 N–H and O–H groups in total. The quantitative estimate of drug-likeness (QED) is 0.577. The average molecular weight is 435 g/mol. The molecule has 0 bridgehead atoms. The van der Waals surface area contributed by atoms with Gasteiger partial charge in [-0.25, -0.2) is 0 Å². The molecule has 1 saturated heterocycles. The molecule has 170 valence electrons. The first kappa shape index (κ1) is 21.4. The highest BCUT2D eigenvalue weighted by molar-refractivity contribution is 5.68. The number of fused-ring (bicyclic) bond motifs is 2. The number of pyridine rings is 1. The largest absolute Gasteiger partial charge is 0.493 e. The van der Waals surface area contributed by atoms with E-state index in [9.17, 15) is 9.90 Å². The number of carboxylic acid groups (broad SMARTS) is 1. The summed E-state index contributed by atoms with van der Waals surface area (Å²) in [5.74, 6) is 0.872. The molecular weight excluding hydrogens is 400 g/mol. The topological polar surface area (TPSA) is 62.7 Å². The minimum atomic E-state index is -0.739. The van der Waals surface area contributed by atoms with Gasteiger partial charge in [-0.2, -0.15) is 0 Å². The molecule has 5 heteroatoms. The van der Waals surface area contributed by atoms with E-state index in [0.29, 0.717) is 5.92 Å². The second-order valence-electron chi connectivity index (χ2n) is 9.76. The van der Waals surface area contributed by atoms with Gasteiger partial charge in [-0.1, -0.05) is 24.6 Å². The summed E-state index contributed by atoms with van der Waals surface area (Å²) in [5.41, 5.74) is 6.36. The number of unbranched alkanes of at least 4 members (excludes halogenated alkanes) is 1. The van der Waals surface area contributed by atoms with Gasteiger partial charge < -0.3 is 9.84 Å². The van der Waals surface area contributed by atoms with Crippen molar-refractivity contribution in [2.75, 3.05) is 19.7 Å². The Morgan fingerprint density at radius 3 is 2.81 bits per heavy atom. The molecule has 3 heterocycles. The maximum atomic E-state index is 11.5. The maximum Gasteiger partial charge on any atom is 0.305 e. The van der Waals surface area contributed by atoms with Gasteiger partial charge in [0.25, 0.3) is 0 Å². The van der Waals surface area contributed by atoms with Crippen LogP contribution in [0.2, 0.25) is 0 Å². The van der Waals surface area contributed by atoms with Gasteiger partial charge in [0.2, 0.25) is 0 Å². The zero-order valence-electron chi connectivity index (χ0n) is 18.9.